The van der Waals surface area contributed by atoms with Crippen molar-refractivity contribution in [2.75, 3.05) is 12.4 Å². The molecule has 18 heavy (non-hydrogen) atoms. The Balaban J connectivity index is 2.02. The molecule has 0 aliphatic heterocycles. The highest BCUT2D eigenvalue weighted by Gasteiger charge is 1.99. The summed E-state index contributed by atoms with van der Waals surface area (Å²) >= 11 is 2.31. The molecule has 0 bridgehead atoms. The maximum atomic E-state index is 5.25. The van der Waals surface area contributed by atoms with E-state index in [1.54, 1.807) is 7.11 Å². The number of rotatable bonds is 4. The van der Waals surface area contributed by atoms with E-state index in [1.165, 1.54) is 9.13 Å². The van der Waals surface area contributed by atoms with Gasteiger partial charge in [-0.05, 0) is 71.0 Å². The van der Waals surface area contributed by atoms with Crippen molar-refractivity contribution in [1.82, 2.24) is 0 Å². The fourth-order valence-corrected chi connectivity index (χ4v) is 2.15. The van der Waals surface area contributed by atoms with Crippen LogP contribution in [0.1, 0.15) is 11.1 Å². The van der Waals surface area contributed by atoms with E-state index in [1.807, 2.05) is 12.1 Å². The number of benzene rings is 2. The Morgan fingerprint density at radius 3 is 2.44 bits per heavy atom. The topological polar surface area (TPSA) is 21.3 Å². The van der Waals surface area contributed by atoms with Crippen molar-refractivity contribution in [2.45, 2.75) is 13.5 Å². The van der Waals surface area contributed by atoms with Gasteiger partial charge in [-0.25, -0.2) is 0 Å². The Hall–Kier alpha value is -1.23. The maximum Gasteiger partial charge on any atom is 0.121 e. The highest BCUT2D eigenvalue weighted by molar-refractivity contribution is 14.1. The summed E-state index contributed by atoms with van der Waals surface area (Å²) in [5.74, 6) is 0.926. The first-order valence-corrected chi connectivity index (χ1v) is 6.90. The molecule has 0 unspecified atom stereocenters. The van der Waals surface area contributed by atoms with Crippen LogP contribution in [-0.4, -0.2) is 7.11 Å². The predicted molar refractivity (Wildman–Crippen MR) is 84.2 cm³/mol. The van der Waals surface area contributed by atoms with Crippen LogP contribution < -0.4 is 10.1 Å². The Bertz CT molecular complexity index is 523. The Morgan fingerprint density at radius 1 is 1.11 bits per heavy atom. The number of hydrogen-bond donors (Lipinski definition) is 1. The van der Waals surface area contributed by atoms with Crippen LogP contribution in [0, 0.1) is 10.5 Å². The van der Waals surface area contributed by atoms with E-state index < -0.39 is 0 Å². The van der Waals surface area contributed by atoms with Crippen molar-refractivity contribution >= 4 is 28.3 Å². The van der Waals surface area contributed by atoms with Gasteiger partial charge in [0.05, 0.1) is 7.11 Å². The zero-order valence-corrected chi connectivity index (χ0v) is 12.7. The molecule has 0 fully saturated rings. The number of anilines is 1. The first kappa shape index (κ1) is 13.2. The van der Waals surface area contributed by atoms with E-state index in [0.29, 0.717) is 0 Å². The van der Waals surface area contributed by atoms with Crippen molar-refractivity contribution in [1.29, 1.82) is 0 Å². The molecule has 0 aliphatic carbocycles. The molecule has 94 valence electrons. The summed E-state index contributed by atoms with van der Waals surface area (Å²) < 4.78 is 6.51. The predicted octanol–water partition coefficient (Wildman–Crippen LogP) is 4.22. The molecule has 0 heterocycles. The summed E-state index contributed by atoms with van der Waals surface area (Å²) in [7, 11) is 1.70. The summed E-state index contributed by atoms with van der Waals surface area (Å²) in [5.41, 5.74) is 3.54. The van der Waals surface area contributed by atoms with Gasteiger partial charge in [-0.3, -0.25) is 0 Å². The van der Waals surface area contributed by atoms with Gasteiger partial charge in [0.1, 0.15) is 5.75 Å². The van der Waals surface area contributed by atoms with Crippen LogP contribution in [0.4, 0.5) is 5.69 Å². The van der Waals surface area contributed by atoms with Crippen LogP contribution in [0.3, 0.4) is 0 Å². The molecule has 0 aliphatic rings. The zero-order chi connectivity index (χ0) is 13.0. The summed E-state index contributed by atoms with van der Waals surface area (Å²) in [5, 5.41) is 3.41. The van der Waals surface area contributed by atoms with Gasteiger partial charge in [0, 0.05) is 15.8 Å². The first-order chi connectivity index (χ1) is 8.69. The molecular formula is C15H16INO. The fraction of sp³-hybridized carbons (Fsp3) is 0.200. The summed E-state index contributed by atoms with van der Waals surface area (Å²) in [4.78, 5) is 0. The van der Waals surface area contributed by atoms with Gasteiger partial charge in [-0.2, -0.15) is 0 Å². The third-order valence-corrected chi connectivity index (χ3v) is 3.52. The second-order valence-corrected chi connectivity index (χ2v) is 5.41. The minimum Gasteiger partial charge on any atom is -0.496 e. The van der Waals surface area contributed by atoms with Crippen LogP contribution in [0.15, 0.2) is 42.5 Å². The van der Waals surface area contributed by atoms with Crippen molar-refractivity contribution in [3.8, 4) is 5.75 Å². The average Bonchev–Trinajstić information content (AvgIpc) is 2.38. The molecule has 2 aromatic rings. The number of ether oxygens (including phenoxy) is 1. The van der Waals surface area contributed by atoms with E-state index in [0.717, 1.165) is 23.5 Å². The zero-order valence-electron chi connectivity index (χ0n) is 10.5. The number of hydrogen-bond acceptors (Lipinski definition) is 2. The van der Waals surface area contributed by atoms with E-state index in [-0.39, 0.29) is 0 Å². The highest BCUT2D eigenvalue weighted by atomic mass is 127. The quantitative estimate of drug-likeness (QED) is 0.831. The minimum absolute atomic E-state index is 0.836. The monoisotopic (exact) mass is 353 g/mol. The Kier molecular flexibility index (Phi) is 4.47. The van der Waals surface area contributed by atoms with Crippen LogP contribution in [-0.2, 0) is 6.54 Å². The van der Waals surface area contributed by atoms with Crippen molar-refractivity contribution in [3.63, 3.8) is 0 Å². The molecule has 0 spiro atoms. The SMILES string of the molecule is COc1ccc(NCc2ccc(I)cc2)cc1C. The summed E-state index contributed by atoms with van der Waals surface area (Å²) in [6.07, 6.45) is 0. The lowest BCUT2D eigenvalue weighted by Crippen LogP contribution is -2.00. The second-order valence-electron chi connectivity index (χ2n) is 4.16. The molecular weight excluding hydrogens is 337 g/mol. The molecule has 0 atom stereocenters. The smallest absolute Gasteiger partial charge is 0.121 e. The third kappa shape index (κ3) is 3.38. The van der Waals surface area contributed by atoms with Crippen LogP contribution in [0.25, 0.3) is 0 Å². The van der Waals surface area contributed by atoms with E-state index in [4.69, 9.17) is 4.74 Å². The van der Waals surface area contributed by atoms with Gasteiger partial charge in [-0.15, -0.1) is 0 Å². The number of nitrogens with one attached hydrogen (secondary N) is 1. The second kappa shape index (κ2) is 6.09. The maximum absolute atomic E-state index is 5.25. The van der Waals surface area contributed by atoms with Crippen LogP contribution in [0.2, 0.25) is 0 Å². The number of aryl methyl sites for hydroxylation is 1. The molecule has 2 rings (SSSR count). The highest BCUT2D eigenvalue weighted by Crippen LogP contribution is 2.21. The Morgan fingerprint density at radius 2 is 1.83 bits per heavy atom. The normalized spacial score (nSPS) is 10.2. The minimum atomic E-state index is 0.836. The van der Waals surface area contributed by atoms with E-state index >= 15 is 0 Å². The number of methoxy groups -OCH3 is 1. The van der Waals surface area contributed by atoms with E-state index in [9.17, 15) is 0 Å². The molecule has 2 nitrogen and oxygen atoms in total. The molecule has 0 aromatic heterocycles. The Labute approximate surface area is 122 Å². The average molecular weight is 353 g/mol. The van der Waals surface area contributed by atoms with Gasteiger partial charge < -0.3 is 10.1 Å². The first-order valence-electron chi connectivity index (χ1n) is 5.82. The lowest BCUT2D eigenvalue weighted by atomic mass is 10.2. The lowest BCUT2D eigenvalue weighted by Gasteiger charge is -2.10. The summed E-state index contributed by atoms with van der Waals surface area (Å²) in [6.45, 7) is 2.89. The molecule has 0 saturated carbocycles. The molecule has 0 amide bonds. The van der Waals surface area contributed by atoms with Gasteiger partial charge in [0.2, 0.25) is 0 Å². The van der Waals surface area contributed by atoms with Gasteiger partial charge in [-0.1, -0.05) is 12.1 Å². The molecule has 3 heteroatoms. The van der Waals surface area contributed by atoms with Gasteiger partial charge >= 0.3 is 0 Å². The summed E-state index contributed by atoms with van der Waals surface area (Å²) in [6, 6.07) is 14.7. The van der Waals surface area contributed by atoms with Gasteiger partial charge in [0.25, 0.3) is 0 Å². The molecule has 0 saturated heterocycles. The van der Waals surface area contributed by atoms with Crippen LogP contribution >= 0.6 is 22.6 Å². The lowest BCUT2D eigenvalue weighted by molar-refractivity contribution is 0.412. The number of halogens is 1. The molecule has 2 aromatic carbocycles. The van der Waals surface area contributed by atoms with E-state index in [2.05, 4.69) is 65.2 Å². The van der Waals surface area contributed by atoms with Gasteiger partial charge in [0.15, 0.2) is 0 Å². The van der Waals surface area contributed by atoms with Crippen molar-refractivity contribution < 1.29 is 4.74 Å². The third-order valence-electron chi connectivity index (χ3n) is 2.80. The molecule has 1 N–H and O–H groups in total. The largest absolute Gasteiger partial charge is 0.496 e. The van der Waals surface area contributed by atoms with Crippen LogP contribution in [0.5, 0.6) is 5.75 Å². The van der Waals surface area contributed by atoms with Crippen molar-refractivity contribution in [2.24, 2.45) is 0 Å². The fourth-order valence-electron chi connectivity index (χ4n) is 1.79. The molecule has 0 radical (unpaired) electrons. The van der Waals surface area contributed by atoms with Crippen molar-refractivity contribution in [3.05, 3.63) is 57.2 Å². The standard InChI is InChI=1S/C15H16INO/c1-11-9-14(7-8-15(11)18-2)17-10-12-3-5-13(16)6-4-12/h3-9,17H,10H2,1-2H3.